The number of hydrogen-bond donors (Lipinski definition) is 2. The normalized spacial score (nSPS) is 16.4. The number of fused-ring (bicyclic) bond motifs is 1. The summed E-state index contributed by atoms with van der Waals surface area (Å²) in [6, 6.07) is 17.6. The van der Waals surface area contributed by atoms with Crippen LogP contribution in [0, 0.1) is 5.92 Å². The Balaban J connectivity index is 1.49. The lowest BCUT2D eigenvalue weighted by Crippen LogP contribution is -2.52. The van der Waals surface area contributed by atoms with Crippen molar-refractivity contribution >= 4 is 11.6 Å². The number of carbonyl (C=O) groups is 1. The SMILES string of the molecule is CC(C)C[C@@H](CO)NC(=O)[C@H]1CN(Cc2ccc(-n3cccn3)cc2)c2ccccc2O1. The van der Waals surface area contributed by atoms with E-state index in [1.54, 1.807) is 6.20 Å². The summed E-state index contributed by atoms with van der Waals surface area (Å²) in [6.07, 6.45) is 3.74. The van der Waals surface area contributed by atoms with Crippen molar-refractivity contribution in [2.45, 2.75) is 39.0 Å². The summed E-state index contributed by atoms with van der Waals surface area (Å²) in [4.78, 5) is 15.1. The van der Waals surface area contributed by atoms with Crippen molar-refractivity contribution in [2.75, 3.05) is 18.1 Å². The highest BCUT2D eigenvalue weighted by atomic mass is 16.5. The van der Waals surface area contributed by atoms with E-state index in [9.17, 15) is 9.90 Å². The second kappa shape index (κ2) is 9.87. The van der Waals surface area contributed by atoms with Crippen molar-refractivity contribution < 1.29 is 14.6 Å². The fourth-order valence-corrected chi connectivity index (χ4v) is 4.03. The largest absolute Gasteiger partial charge is 0.477 e. The molecule has 1 aliphatic heterocycles. The number of nitrogens with one attached hydrogen (secondary N) is 1. The molecule has 0 fully saturated rings. The first-order chi connectivity index (χ1) is 15.5. The number of rotatable bonds is 8. The third-order valence-electron chi connectivity index (χ3n) is 5.56. The molecule has 2 heterocycles. The van der Waals surface area contributed by atoms with Gasteiger partial charge in [-0.3, -0.25) is 4.79 Å². The molecule has 1 amide bonds. The summed E-state index contributed by atoms with van der Waals surface area (Å²) in [5.41, 5.74) is 3.09. The number of anilines is 1. The minimum absolute atomic E-state index is 0.0838. The number of ether oxygens (including phenoxy) is 1. The lowest BCUT2D eigenvalue weighted by atomic mass is 10.0. The van der Waals surface area contributed by atoms with Crippen molar-refractivity contribution in [2.24, 2.45) is 5.92 Å². The Kier molecular flexibility index (Phi) is 6.75. The van der Waals surface area contributed by atoms with Gasteiger partial charge in [-0.1, -0.05) is 38.1 Å². The zero-order valence-corrected chi connectivity index (χ0v) is 18.5. The molecule has 0 saturated heterocycles. The van der Waals surface area contributed by atoms with Gasteiger partial charge in [0.1, 0.15) is 5.75 Å². The van der Waals surface area contributed by atoms with Crippen LogP contribution in [0.5, 0.6) is 5.75 Å². The Hall–Kier alpha value is -3.32. The topological polar surface area (TPSA) is 79.6 Å². The molecule has 2 aromatic carbocycles. The molecule has 0 radical (unpaired) electrons. The smallest absolute Gasteiger partial charge is 0.263 e. The number of aromatic nitrogens is 2. The van der Waals surface area contributed by atoms with Crippen LogP contribution in [0.4, 0.5) is 5.69 Å². The molecule has 0 spiro atoms. The molecule has 7 nitrogen and oxygen atoms in total. The van der Waals surface area contributed by atoms with E-state index in [0.29, 0.717) is 24.8 Å². The second-order valence-corrected chi connectivity index (χ2v) is 8.59. The number of nitrogens with zero attached hydrogens (tertiary/aromatic N) is 3. The Morgan fingerprint density at radius 1 is 1.19 bits per heavy atom. The van der Waals surface area contributed by atoms with Gasteiger partial charge in [0.05, 0.1) is 30.6 Å². The molecule has 2 N–H and O–H groups in total. The summed E-state index contributed by atoms with van der Waals surface area (Å²) >= 11 is 0. The number of aliphatic hydroxyl groups is 1. The summed E-state index contributed by atoms with van der Waals surface area (Å²) in [5, 5.41) is 16.9. The predicted molar refractivity (Wildman–Crippen MR) is 124 cm³/mol. The predicted octanol–water partition coefficient (Wildman–Crippen LogP) is 3.16. The van der Waals surface area contributed by atoms with Crippen molar-refractivity contribution in [1.82, 2.24) is 15.1 Å². The van der Waals surface area contributed by atoms with Gasteiger partial charge in [-0.05, 0) is 48.2 Å². The standard InChI is InChI=1S/C25H30N4O3/c1-18(2)14-20(17-30)27-25(31)24-16-28(22-6-3-4-7-23(22)32-24)15-19-8-10-21(11-9-19)29-13-5-12-26-29/h3-13,18,20,24,30H,14-17H2,1-2H3,(H,27,31)/t20-,24+/m0/s1. The quantitative estimate of drug-likeness (QED) is 0.569. The van der Waals surface area contributed by atoms with E-state index >= 15 is 0 Å². The number of benzene rings is 2. The van der Waals surface area contributed by atoms with Crippen LogP contribution in [0.2, 0.25) is 0 Å². The molecular weight excluding hydrogens is 404 g/mol. The van der Waals surface area contributed by atoms with Crippen LogP contribution in [-0.2, 0) is 11.3 Å². The van der Waals surface area contributed by atoms with E-state index < -0.39 is 6.10 Å². The maximum absolute atomic E-state index is 12.9. The van der Waals surface area contributed by atoms with E-state index in [1.807, 2.05) is 53.3 Å². The van der Waals surface area contributed by atoms with Crippen molar-refractivity contribution in [3.63, 3.8) is 0 Å². The third-order valence-corrected chi connectivity index (χ3v) is 5.56. The van der Waals surface area contributed by atoms with Crippen LogP contribution in [0.1, 0.15) is 25.8 Å². The van der Waals surface area contributed by atoms with Crippen LogP contribution in [0.25, 0.3) is 5.69 Å². The van der Waals surface area contributed by atoms with Gasteiger partial charge in [0, 0.05) is 18.9 Å². The fraction of sp³-hybridized carbons (Fsp3) is 0.360. The maximum atomic E-state index is 12.9. The zero-order valence-electron chi connectivity index (χ0n) is 18.5. The first-order valence-electron chi connectivity index (χ1n) is 11.0. The van der Waals surface area contributed by atoms with Crippen LogP contribution >= 0.6 is 0 Å². The van der Waals surface area contributed by atoms with Gasteiger partial charge in [-0.2, -0.15) is 5.10 Å². The molecule has 168 valence electrons. The average molecular weight is 435 g/mol. The van der Waals surface area contributed by atoms with Crippen molar-refractivity contribution in [1.29, 1.82) is 0 Å². The second-order valence-electron chi connectivity index (χ2n) is 8.59. The third kappa shape index (κ3) is 5.11. The molecule has 1 aliphatic rings. The van der Waals surface area contributed by atoms with Gasteiger partial charge >= 0.3 is 0 Å². The van der Waals surface area contributed by atoms with Crippen LogP contribution in [0.3, 0.4) is 0 Å². The molecule has 0 unspecified atom stereocenters. The first-order valence-corrected chi connectivity index (χ1v) is 11.0. The Bertz CT molecular complexity index is 1020. The molecule has 0 saturated carbocycles. The van der Waals surface area contributed by atoms with Crippen LogP contribution in [0.15, 0.2) is 67.0 Å². The molecule has 0 bridgehead atoms. The van der Waals surface area contributed by atoms with Gasteiger partial charge in [0.25, 0.3) is 5.91 Å². The lowest BCUT2D eigenvalue weighted by molar-refractivity contribution is -0.129. The number of carbonyl (C=O) groups excluding carboxylic acids is 1. The molecule has 3 aromatic rings. The summed E-state index contributed by atoms with van der Waals surface area (Å²) in [6.45, 7) is 5.14. The Labute approximate surface area is 188 Å². The highest BCUT2D eigenvalue weighted by Gasteiger charge is 2.31. The molecule has 7 heteroatoms. The summed E-state index contributed by atoms with van der Waals surface area (Å²) in [7, 11) is 0. The lowest BCUT2D eigenvalue weighted by Gasteiger charge is -2.36. The highest BCUT2D eigenvalue weighted by Crippen LogP contribution is 2.34. The number of amides is 1. The van der Waals surface area contributed by atoms with E-state index in [2.05, 4.69) is 41.3 Å². The Morgan fingerprint density at radius 3 is 2.66 bits per heavy atom. The van der Waals surface area contributed by atoms with Gasteiger partial charge in [-0.25, -0.2) is 4.68 Å². The van der Waals surface area contributed by atoms with E-state index in [1.165, 1.54) is 0 Å². The van der Waals surface area contributed by atoms with E-state index in [-0.39, 0.29) is 18.6 Å². The molecule has 1 aromatic heterocycles. The van der Waals surface area contributed by atoms with Crippen molar-refractivity contribution in [3.05, 3.63) is 72.6 Å². The van der Waals surface area contributed by atoms with Gasteiger partial charge in [0.15, 0.2) is 6.10 Å². The highest BCUT2D eigenvalue weighted by molar-refractivity contribution is 5.83. The summed E-state index contributed by atoms with van der Waals surface area (Å²) < 4.78 is 7.86. The number of para-hydroxylation sites is 2. The average Bonchev–Trinajstić information content (AvgIpc) is 3.33. The van der Waals surface area contributed by atoms with Crippen LogP contribution in [-0.4, -0.2) is 46.1 Å². The summed E-state index contributed by atoms with van der Waals surface area (Å²) in [5.74, 6) is 0.872. The molecule has 4 rings (SSSR count). The first kappa shape index (κ1) is 21.9. The van der Waals surface area contributed by atoms with Gasteiger partial charge < -0.3 is 20.1 Å². The molecular formula is C25H30N4O3. The van der Waals surface area contributed by atoms with Gasteiger partial charge in [-0.15, -0.1) is 0 Å². The monoisotopic (exact) mass is 434 g/mol. The van der Waals surface area contributed by atoms with E-state index in [4.69, 9.17) is 4.74 Å². The maximum Gasteiger partial charge on any atom is 0.263 e. The minimum atomic E-state index is -0.644. The number of aliphatic hydroxyl groups excluding tert-OH is 1. The Morgan fingerprint density at radius 2 is 1.97 bits per heavy atom. The molecule has 32 heavy (non-hydrogen) atoms. The zero-order chi connectivity index (χ0) is 22.5. The van der Waals surface area contributed by atoms with E-state index in [0.717, 1.165) is 23.4 Å². The molecule has 0 aliphatic carbocycles. The molecule has 2 atom stereocenters. The van der Waals surface area contributed by atoms with Crippen molar-refractivity contribution in [3.8, 4) is 11.4 Å². The van der Waals surface area contributed by atoms with Crippen LogP contribution < -0.4 is 15.0 Å². The fourth-order valence-electron chi connectivity index (χ4n) is 4.03. The minimum Gasteiger partial charge on any atom is -0.477 e. The number of hydrogen-bond acceptors (Lipinski definition) is 5. The van der Waals surface area contributed by atoms with Gasteiger partial charge in [0.2, 0.25) is 0 Å².